The van der Waals surface area contributed by atoms with Crippen molar-refractivity contribution in [3.05, 3.63) is 44.8 Å². The van der Waals surface area contributed by atoms with Gasteiger partial charge in [-0.25, -0.2) is 0 Å². The summed E-state index contributed by atoms with van der Waals surface area (Å²) >= 11 is 6.87. The van der Waals surface area contributed by atoms with Gasteiger partial charge in [-0.3, -0.25) is 9.59 Å². The van der Waals surface area contributed by atoms with Crippen LogP contribution in [0.5, 0.6) is 17.2 Å². The van der Waals surface area contributed by atoms with Gasteiger partial charge in [0.25, 0.3) is 0 Å². The molecular formula is C19H19Br2NO4. The average Bonchev–Trinajstić information content (AvgIpc) is 2.51. The monoisotopic (exact) mass is 483 g/mol. The van der Waals surface area contributed by atoms with Crippen molar-refractivity contribution in [2.75, 3.05) is 5.32 Å². The summed E-state index contributed by atoms with van der Waals surface area (Å²) in [7, 11) is 0. The number of phenols is 1. The molecule has 1 amide bonds. The predicted molar refractivity (Wildman–Crippen MR) is 108 cm³/mol. The Morgan fingerprint density at radius 3 is 2.31 bits per heavy atom. The Kier molecular flexibility index (Phi) is 6.83. The maximum absolute atomic E-state index is 11.7. The number of ketones is 1. The fraction of sp³-hybridized carbons (Fsp3) is 0.263. The van der Waals surface area contributed by atoms with Gasteiger partial charge in [0.15, 0.2) is 5.75 Å². The zero-order valence-electron chi connectivity index (χ0n) is 14.6. The first-order chi connectivity index (χ1) is 12.2. The van der Waals surface area contributed by atoms with Crippen LogP contribution in [0, 0.1) is 0 Å². The molecule has 0 saturated heterocycles. The Morgan fingerprint density at radius 1 is 1.15 bits per heavy atom. The van der Waals surface area contributed by atoms with Gasteiger partial charge in [0.2, 0.25) is 5.91 Å². The Bertz CT molecular complexity index is 826. The van der Waals surface area contributed by atoms with Crippen molar-refractivity contribution in [1.82, 2.24) is 0 Å². The van der Waals surface area contributed by atoms with E-state index in [9.17, 15) is 14.7 Å². The molecule has 0 fully saturated rings. The Morgan fingerprint density at radius 2 is 1.77 bits per heavy atom. The van der Waals surface area contributed by atoms with Gasteiger partial charge < -0.3 is 15.2 Å². The zero-order chi connectivity index (χ0) is 19.4. The Labute approximate surface area is 169 Å². The lowest BCUT2D eigenvalue weighted by molar-refractivity contribution is -0.124. The van der Waals surface area contributed by atoms with Crippen molar-refractivity contribution in [3.63, 3.8) is 0 Å². The van der Waals surface area contributed by atoms with Gasteiger partial charge in [0, 0.05) is 11.3 Å². The van der Waals surface area contributed by atoms with E-state index in [0.29, 0.717) is 26.1 Å². The highest BCUT2D eigenvalue weighted by Crippen LogP contribution is 2.40. The second kappa shape index (κ2) is 8.68. The first-order valence-corrected chi connectivity index (χ1v) is 9.55. The van der Waals surface area contributed by atoms with E-state index in [-0.39, 0.29) is 29.8 Å². The van der Waals surface area contributed by atoms with E-state index in [4.69, 9.17) is 4.74 Å². The van der Waals surface area contributed by atoms with Crippen LogP contribution in [-0.2, 0) is 9.59 Å². The molecule has 0 heterocycles. The van der Waals surface area contributed by atoms with Crippen LogP contribution in [0.25, 0.3) is 0 Å². The summed E-state index contributed by atoms with van der Waals surface area (Å²) in [5.74, 6) is 0.938. The third kappa shape index (κ3) is 5.32. The maximum atomic E-state index is 11.7. The van der Waals surface area contributed by atoms with Gasteiger partial charge in [-0.05, 0) is 75.0 Å². The van der Waals surface area contributed by atoms with Gasteiger partial charge in [-0.15, -0.1) is 0 Å². The summed E-state index contributed by atoms with van der Waals surface area (Å²) in [6.07, 6.45) is -0.168. The molecule has 0 aliphatic heterocycles. The predicted octanol–water partition coefficient (Wildman–Crippen LogP) is 5.75. The number of phenolic OH excluding ortho intramolecular Hbond substituents is 1. The van der Waals surface area contributed by atoms with Crippen molar-refractivity contribution < 1.29 is 19.4 Å². The van der Waals surface area contributed by atoms with Crippen molar-refractivity contribution in [1.29, 1.82) is 0 Å². The van der Waals surface area contributed by atoms with E-state index in [1.165, 1.54) is 6.92 Å². The molecule has 2 aromatic rings. The second-order valence-electron chi connectivity index (χ2n) is 6.17. The molecule has 0 unspecified atom stereocenters. The molecule has 0 atom stereocenters. The fourth-order valence-electron chi connectivity index (χ4n) is 2.34. The Balaban J connectivity index is 2.25. The largest absolute Gasteiger partial charge is 0.508 e. The van der Waals surface area contributed by atoms with Gasteiger partial charge in [-0.1, -0.05) is 13.8 Å². The molecule has 2 rings (SSSR count). The number of ether oxygens (including phenoxy) is 1. The highest BCUT2D eigenvalue weighted by molar-refractivity contribution is 9.11. The normalized spacial score (nSPS) is 10.7. The van der Waals surface area contributed by atoms with Crippen LogP contribution in [0.1, 0.15) is 38.7 Å². The van der Waals surface area contributed by atoms with E-state index in [2.05, 4.69) is 37.2 Å². The molecule has 0 radical (unpaired) electrons. The molecule has 0 aromatic heterocycles. The lowest BCUT2D eigenvalue weighted by Gasteiger charge is -2.15. The zero-order valence-corrected chi connectivity index (χ0v) is 17.8. The van der Waals surface area contributed by atoms with Crippen LogP contribution in [0.3, 0.4) is 0 Å². The van der Waals surface area contributed by atoms with Crippen LogP contribution in [0.2, 0.25) is 0 Å². The van der Waals surface area contributed by atoms with Crippen molar-refractivity contribution in [2.45, 2.75) is 33.1 Å². The molecule has 138 valence electrons. The first-order valence-electron chi connectivity index (χ1n) is 7.96. The number of nitrogens with one attached hydrogen (secondary N) is 1. The van der Waals surface area contributed by atoms with Crippen molar-refractivity contribution >= 4 is 49.2 Å². The number of carbonyl (C=O) groups excluding carboxylic acids is 2. The lowest BCUT2D eigenvalue weighted by Crippen LogP contribution is -2.14. The molecule has 7 heteroatoms. The standard InChI is InChI=1S/C19H19Br2NO4/c1-10(2)14-9-13(4-5-17(14)24)26-19-15(20)7-12(8-16(19)21)22-18(25)6-11(3)23/h4-5,7-10,24H,6H2,1-3H3,(H,22,25). The molecule has 26 heavy (non-hydrogen) atoms. The number of Topliss-reactive ketones (excluding diaryl/α,β-unsaturated/α-hetero) is 1. The number of aromatic hydroxyl groups is 1. The summed E-state index contributed by atoms with van der Waals surface area (Å²) in [6, 6.07) is 8.47. The average molecular weight is 485 g/mol. The van der Waals surface area contributed by atoms with Gasteiger partial charge in [0.1, 0.15) is 17.3 Å². The second-order valence-corrected chi connectivity index (χ2v) is 7.88. The van der Waals surface area contributed by atoms with Crippen LogP contribution >= 0.6 is 31.9 Å². The molecule has 0 aliphatic rings. The number of rotatable bonds is 6. The minimum Gasteiger partial charge on any atom is -0.508 e. The van der Waals surface area contributed by atoms with Crippen LogP contribution < -0.4 is 10.1 Å². The fourth-order valence-corrected chi connectivity index (χ4v) is 3.69. The third-order valence-corrected chi connectivity index (χ3v) is 4.71. The van der Waals surface area contributed by atoms with Crippen LogP contribution in [0.15, 0.2) is 39.3 Å². The smallest absolute Gasteiger partial charge is 0.231 e. The van der Waals surface area contributed by atoms with Crippen molar-refractivity contribution in [3.8, 4) is 17.2 Å². The van der Waals surface area contributed by atoms with Crippen LogP contribution in [-0.4, -0.2) is 16.8 Å². The molecule has 0 saturated carbocycles. The summed E-state index contributed by atoms with van der Waals surface area (Å²) in [6.45, 7) is 5.35. The number of anilines is 1. The highest BCUT2D eigenvalue weighted by Gasteiger charge is 2.14. The van der Waals surface area contributed by atoms with E-state index in [1.807, 2.05) is 13.8 Å². The summed E-state index contributed by atoms with van der Waals surface area (Å²) in [5, 5.41) is 12.6. The van der Waals surface area contributed by atoms with Crippen molar-refractivity contribution in [2.24, 2.45) is 0 Å². The lowest BCUT2D eigenvalue weighted by atomic mass is 10.0. The molecule has 2 aromatic carbocycles. The summed E-state index contributed by atoms with van der Waals surface area (Å²) < 4.78 is 7.20. The highest BCUT2D eigenvalue weighted by atomic mass is 79.9. The number of halogens is 2. The Hall–Kier alpha value is -1.86. The van der Waals surface area contributed by atoms with Gasteiger partial charge in [0.05, 0.1) is 15.4 Å². The number of hydrogen-bond donors (Lipinski definition) is 2. The molecule has 0 aliphatic carbocycles. The van der Waals surface area contributed by atoms with Gasteiger partial charge >= 0.3 is 0 Å². The van der Waals surface area contributed by atoms with E-state index >= 15 is 0 Å². The third-order valence-electron chi connectivity index (χ3n) is 3.53. The summed E-state index contributed by atoms with van der Waals surface area (Å²) in [4.78, 5) is 22.8. The first kappa shape index (κ1) is 20.5. The number of hydrogen-bond acceptors (Lipinski definition) is 4. The topological polar surface area (TPSA) is 75.6 Å². The molecule has 0 bridgehead atoms. The van der Waals surface area contributed by atoms with Crippen LogP contribution in [0.4, 0.5) is 5.69 Å². The molecular weight excluding hydrogens is 466 g/mol. The number of amides is 1. The SMILES string of the molecule is CC(=O)CC(=O)Nc1cc(Br)c(Oc2ccc(O)c(C(C)C)c2)c(Br)c1. The van der Waals surface area contributed by atoms with E-state index < -0.39 is 0 Å². The maximum Gasteiger partial charge on any atom is 0.231 e. The van der Waals surface area contributed by atoms with E-state index in [0.717, 1.165) is 5.56 Å². The molecule has 2 N–H and O–H groups in total. The van der Waals surface area contributed by atoms with E-state index in [1.54, 1.807) is 30.3 Å². The minimum absolute atomic E-state index is 0.157. The number of carbonyl (C=O) groups is 2. The quantitative estimate of drug-likeness (QED) is 0.511. The molecule has 5 nitrogen and oxygen atoms in total. The molecule has 0 spiro atoms. The number of benzene rings is 2. The summed E-state index contributed by atoms with van der Waals surface area (Å²) in [5.41, 5.74) is 1.33. The van der Waals surface area contributed by atoms with Gasteiger partial charge in [-0.2, -0.15) is 0 Å². The minimum atomic E-state index is -0.370.